The predicted octanol–water partition coefficient (Wildman–Crippen LogP) is 5.60. The highest BCUT2D eigenvalue weighted by atomic mass is 35.5. The van der Waals surface area contributed by atoms with Crippen molar-refractivity contribution in [1.29, 1.82) is 0 Å². The van der Waals surface area contributed by atoms with Gasteiger partial charge in [-0.15, -0.1) is 34.3 Å². The molecule has 0 aliphatic rings. The Morgan fingerprint density at radius 3 is 2.71 bits per heavy atom. The lowest BCUT2D eigenvalue weighted by atomic mass is 10.1. The van der Waals surface area contributed by atoms with Gasteiger partial charge in [-0.2, -0.15) is 0 Å². The fourth-order valence-corrected chi connectivity index (χ4v) is 4.26. The van der Waals surface area contributed by atoms with Gasteiger partial charge < -0.3 is 0 Å². The lowest BCUT2D eigenvalue weighted by Crippen LogP contribution is -1.87. The van der Waals surface area contributed by atoms with Crippen LogP contribution in [0.4, 0.5) is 0 Å². The van der Waals surface area contributed by atoms with Crippen LogP contribution >= 0.6 is 34.3 Å². The molecule has 1 aromatic carbocycles. The van der Waals surface area contributed by atoms with Crippen LogP contribution in [-0.4, -0.2) is 0 Å². The summed E-state index contributed by atoms with van der Waals surface area (Å²) in [5.41, 5.74) is 1.23. The summed E-state index contributed by atoms with van der Waals surface area (Å²) in [4.78, 5) is 2.54. The second-order valence-corrected chi connectivity index (χ2v) is 6.67. The molecule has 0 N–H and O–H groups in total. The van der Waals surface area contributed by atoms with E-state index in [1.54, 1.807) is 22.7 Å². The zero-order valence-corrected chi connectivity index (χ0v) is 11.7. The minimum atomic E-state index is -0.0233. The van der Waals surface area contributed by atoms with Gasteiger partial charge in [0.25, 0.3) is 0 Å². The van der Waals surface area contributed by atoms with E-state index in [0.29, 0.717) is 0 Å². The third-order valence-corrected chi connectivity index (χ3v) is 5.44. The van der Waals surface area contributed by atoms with Crippen LogP contribution in [0.1, 0.15) is 20.7 Å². The molecule has 1 unspecified atom stereocenters. The number of benzene rings is 1. The highest BCUT2D eigenvalue weighted by Gasteiger charge is 2.16. The lowest BCUT2D eigenvalue weighted by Gasteiger charge is -2.05. The third-order valence-electron chi connectivity index (χ3n) is 2.79. The van der Waals surface area contributed by atoms with Crippen molar-refractivity contribution in [2.45, 2.75) is 12.3 Å². The van der Waals surface area contributed by atoms with Crippen molar-refractivity contribution < 1.29 is 0 Å². The molecular formula is C14H11ClS2. The Bertz CT molecular complexity index is 651. The maximum absolute atomic E-state index is 6.58. The Kier molecular flexibility index (Phi) is 2.95. The molecule has 0 nitrogen and oxygen atoms in total. The second kappa shape index (κ2) is 4.45. The van der Waals surface area contributed by atoms with E-state index in [2.05, 4.69) is 48.7 Å². The molecule has 0 aliphatic heterocycles. The van der Waals surface area contributed by atoms with Crippen LogP contribution in [0.25, 0.3) is 10.1 Å². The van der Waals surface area contributed by atoms with Gasteiger partial charge >= 0.3 is 0 Å². The smallest absolute Gasteiger partial charge is 0.0941 e. The van der Waals surface area contributed by atoms with Crippen molar-refractivity contribution in [2.75, 3.05) is 0 Å². The van der Waals surface area contributed by atoms with E-state index in [1.807, 2.05) is 0 Å². The van der Waals surface area contributed by atoms with E-state index in [-0.39, 0.29) is 5.38 Å². The number of alkyl halides is 1. The molecule has 0 saturated carbocycles. The lowest BCUT2D eigenvalue weighted by molar-refractivity contribution is 1.22. The van der Waals surface area contributed by atoms with Crippen molar-refractivity contribution in [1.82, 2.24) is 0 Å². The summed E-state index contributed by atoms with van der Waals surface area (Å²) in [7, 11) is 0. The Morgan fingerprint density at radius 2 is 1.94 bits per heavy atom. The molecule has 2 heterocycles. The molecule has 0 radical (unpaired) electrons. The summed E-state index contributed by atoms with van der Waals surface area (Å²) in [6.45, 7) is 2.11. The normalized spacial score (nSPS) is 13.1. The first-order chi connectivity index (χ1) is 8.25. The minimum absolute atomic E-state index is 0.0233. The molecule has 0 aliphatic carbocycles. The van der Waals surface area contributed by atoms with Gasteiger partial charge in [-0.1, -0.05) is 18.2 Å². The molecule has 1 atom stereocenters. The van der Waals surface area contributed by atoms with Crippen molar-refractivity contribution in [3.8, 4) is 0 Å². The summed E-state index contributed by atoms with van der Waals surface area (Å²) in [6.07, 6.45) is 0. The van der Waals surface area contributed by atoms with E-state index >= 15 is 0 Å². The van der Waals surface area contributed by atoms with Crippen LogP contribution < -0.4 is 0 Å². The highest BCUT2D eigenvalue weighted by Crippen LogP contribution is 2.39. The van der Waals surface area contributed by atoms with Crippen molar-refractivity contribution >= 4 is 44.4 Å². The van der Waals surface area contributed by atoms with Crippen LogP contribution in [0, 0.1) is 6.92 Å². The molecule has 0 amide bonds. The average Bonchev–Trinajstić information content (AvgIpc) is 2.94. The zero-order chi connectivity index (χ0) is 11.8. The Labute approximate surface area is 113 Å². The number of thiophene rings is 2. The first-order valence-corrected chi connectivity index (χ1v) is 7.55. The Hall–Kier alpha value is -0.830. The van der Waals surface area contributed by atoms with Crippen molar-refractivity contribution in [3.05, 3.63) is 57.1 Å². The van der Waals surface area contributed by atoms with Crippen LogP contribution in [0.5, 0.6) is 0 Å². The molecular weight excluding hydrogens is 268 g/mol. The summed E-state index contributed by atoms with van der Waals surface area (Å²) in [5, 5.41) is 3.44. The summed E-state index contributed by atoms with van der Waals surface area (Å²) < 4.78 is 1.31. The van der Waals surface area contributed by atoms with Crippen LogP contribution in [-0.2, 0) is 0 Å². The summed E-state index contributed by atoms with van der Waals surface area (Å²) in [6, 6.07) is 12.7. The van der Waals surface area contributed by atoms with Crippen LogP contribution in [0.3, 0.4) is 0 Å². The average molecular weight is 279 g/mol. The van der Waals surface area contributed by atoms with Crippen LogP contribution in [0.15, 0.2) is 41.8 Å². The third kappa shape index (κ3) is 2.01. The number of hydrogen-bond donors (Lipinski definition) is 0. The fraction of sp³-hybridized carbons (Fsp3) is 0.143. The molecule has 3 rings (SSSR count). The van der Waals surface area contributed by atoms with E-state index in [1.165, 1.54) is 25.4 Å². The Balaban J connectivity index is 2.09. The van der Waals surface area contributed by atoms with Gasteiger partial charge in [-0.3, -0.25) is 0 Å². The van der Waals surface area contributed by atoms with Gasteiger partial charge in [-0.25, -0.2) is 0 Å². The van der Waals surface area contributed by atoms with Gasteiger partial charge in [0.05, 0.1) is 5.38 Å². The zero-order valence-electron chi connectivity index (χ0n) is 9.31. The summed E-state index contributed by atoms with van der Waals surface area (Å²) in [5.74, 6) is 0. The number of fused-ring (bicyclic) bond motifs is 1. The highest BCUT2D eigenvalue weighted by molar-refractivity contribution is 7.17. The number of rotatable bonds is 2. The second-order valence-electron chi connectivity index (χ2n) is 4.00. The molecule has 86 valence electrons. The molecule has 3 heteroatoms. The minimum Gasteiger partial charge on any atom is -0.144 e. The monoisotopic (exact) mass is 278 g/mol. The van der Waals surface area contributed by atoms with E-state index in [4.69, 9.17) is 11.6 Å². The Morgan fingerprint density at radius 1 is 1.12 bits per heavy atom. The van der Waals surface area contributed by atoms with Gasteiger partial charge in [-0.05, 0) is 41.5 Å². The van der Waals surface area contributed by atoms with Gasteiger partial charge in [0.15, 0.2) is 0 Å². The van der Waals surface area contributed by atoms with E-state index in [0.717, 1.165) is 0 Å². The van der Waals surface area contributed by atoms with Crippen molar-refractivity contribution in [2.24, 2.45) is 0 Å². The van der Waals surface area contributed by atoms with Crippen molar-refractivity contribution in [3.63, 3.8) is 0 Å². The first kappa shape index (κ1) is 11.3. The quantitative estimate of drug-likeness (QED) is 0.535. The summed E-state index contributed by atoms with van der Waals surface area (Å²) >= 11 is 10.1. The predicted molar refractivity (Wildman–Crippen MR) is 78.6 cm³/mol. The van der Waals surface area contributed by atoms with Gasteiger partial charge in [0, 0.05) is 14.5 Å². The molecule has 2 aromatic heterocycles. The molecule has 3 aromatic rings. The molecule has 0 bridgehead atoms. The largest absolute Gasteiger partial charge is 0.144 e. The van der Waals surface area contributed by atoms with Gasteiger partial charge in [0.1, 0.15) is 0 Å². The topological polar surface area (TPSA) is 0 Å². The van der Waals surface area contributed by atoms with E-state index < -0.39 is 0 Å². The molecule has 17 heavy (non-hydrogen) atoms. The molecule has 0 spiro atoms. The van der Waals surface area contributed by atoms with E-state index in [9.17, 15) is 0 Å². The number of halogens is 1. The molecule has 0 saturated heterocycles. The maximum Gasteiger partial charge on any atom is 0.0941 e. The maximum atomic E-state index is 6.58. The van der Waals surface area contributed by atoms with Crippen LogP contribution in [0.2, 0.25) is 0 Å². The first-order valence-electron chi connectivity index (χ1n) is 5.42. The van der Waals surface area contributed by atoms with Gasteiger partial charge in [0.2, 0.25) is 0 Å². The number of aryl methyl sites for hydroxylation is 1. The molecule has 0 fully saturated rings. The standard InChI is InChI=1S/C14H11ClS2/c1-9-6-7-13(17-9)14(15)11-8-16-12-5-3-2-4-10(11)12/h2-8,14H,1H3. The number of hydrogen-bond acceptors (Lipinski definition) is 2. The SMILES string of the molecule is Cc1ccc(C(Cl)c2csc3ccccc23)s1. The fourth-order valence-electron chi connectivity index (χ4n) is 1.94.